The van der Waals surface area contributed by atoms with Crippen molar-refractivity contribution >= 4 is 27.7 Å². The average Bonchev–Trinajstić information content (AvgIpc) is 2.34. The molecule has 1 saturated heterocycles. The largest absolute Gasteiger partial charge is 0.329 e. The fourth-order valence-electron chi connectivity index (χ4n) is 2.13. The van der Waals surface area contributed by atoms with E-state index in [0.717, 1.165) is 29.1 Å². The second-order valence-electron chi connectivity index (χ2n) is 4.07. The van der Waals surface area contributed by atoms with Crippen LogP contribution in [0, 0.1) is 5.82 Å². The van der Waals surface area contributed by atoms with Gasteiger partial charge in [0.05, 0.1) is 0 Å². The summed E-state index contributed by atoms with van der Waals surface area (Å²) in [4.78, 5) is 2.28. The third-order valence-electron chi connectivity index (χ3n) is 3.03. The SMILES string of the molecule is NCC(c1ccc(Br)cc1F)N1CCSCC1. The number of halogens is 2. The molecule has 1 fully saturated rings. The van der Waals surface area contributed by atoms with Crippen molar-refractivity contribution in [3.8, 4) is 0 Å². The zero-order valence-corrected chi connectivity index (χ0v) is 11.9. The number of benzene rings is 1. The van der Waals surface area contributed by atoms with Crippen LogP contribution in [0.2, 0.25) is 0 Å². The molecular formula is C12H16BrFN2S. The Labute approximate surface area is 114 Å². The van der Waals surface area contributed by atoms with Gasteiger partial charge < -0.3 is 5.73 Å². The number of nitrogens with two attached hydrogens (primary N) is 1. The first-order valence-corrected chi connectivity index (χ1v) is 7.64. The van der Waals surface area contributed by atoms with Crippen molar-refractivity contribution in [2.45, 2.75) is 6.04 Å². The maximum absolute atomic E-state index is 13.9. The van der Waals surface area contributed by atoms with E-state index in [1.54, 1.807) is 0 Å². The Morgan fingerprint density at radius 2 is 2.12 bits per heavy atom. The van der Waals surface area contributed by atoms with Crippen molar-refractivity contribution < 1.29 is 4.39 Å². The number of thioether (sulfide) groups is 1. The van der Waals surface area contributed by atoms with E-state index in [2.05, 4.69) is 20.8 Å². The lowest BCUT2D eigenvalue weighted by atomic mass is 10.0. The molecule has 2 N–H and O–H groups in total. The molecule has 2 nitrogen and oxygen atoms in total. The molecule has 0 amide bonds. The predicted molar refractivity (Wildman–Crippen MR) is 74.8 cm³/mol. The molecule has 1 heterocycles. The topological polar surface area (TPSA) is 29.3 Å². The summed E-state index contributed by atoms with van der Waals surface area (Å²) >= 11 is 5.22. The van der Waals surface area contributed by atoms with E-state index in [0.29, 0.717) is 12.1 Å². The summed E-state index contributed by atoms with van der Waals surface area (Å²) in [5.74, 6) is 2.04. The smallest absolute Gasteiger partial charge is 0.129 e. The van der Waals surface area contributed by atoms with Crippen molar-refractivity contribution in [3.63, 3.8) is 0 Å². The molecular weight excluding hydrogens is 303 g/mol. The summed E-state index contributed by atoms with van der Waals surface area (Å²) in [5, 5.41) is 0. The van der Waals surface area contributed by atoms with Gasteiger partial charge in [0, 0.05) is 47.2 Å². The standard InChI is InChI=1S/C12H16BrFN2S/c13-9-1-2-10(11(14)7-9)12(8-15)16-3-5-17-6-4-16/h1-2,7,12H,3-6,8,15H2. The molecule has 0 aromatic heterocycles. The highest BCUT2D eigenvalue weighted by atomic mass is 79.9. The monoisotopic (exact) mass is 318 g/mol. The van der Waals surface area contributed by atoms with E-state index >= 15 is 0 Å². The number of rotatable bonds is 3. The van der Waals surface area contributed by atoms with Gasteiger partial charge in [0.15, 0.2) is 0 Å². The lowest BCUT2D eigenvalue weighted by Crippen LogP contribution is -2.39. The minimum atomic E-state index is -0.173. The van der Waals surface area contributed by atoms with Crippen LogP contribution in [0.1, 0.15) is 11.6 Å². The van der Waals surface area contributed by atoms with Crippen LogP contribution in [0.4, 0.5) is 4.39 Å². The van der Waals surface area contributed by atoms with Crippen molar-refractivity contribution in [1.82, 2.24) is 4.90 Å². The number of hydrogen-bond donors (Lipinski definition) is 1. The van der Waals surface area contributed by atoms with Gasteiger partial charge in [-0.1, -0.05) is 22.0 Å². The van der Waals surface area contributed by atoms with E-state index in [9.17, 15) is 4.39 Å². The minimum absolute atomic E-state index is 0.00370. The van der Waals surface area contributed by atoms with Crippen molar-refractivity contribution in [3.05, 3.63) is 34.1 Å². The molecule has 1 atom stereocenters. The number of nitrogens with zero attached hydrogens (tertiary/aromatic N) is 1. The van der Waals surface area contributed by atoms with Crippen LogP contribution >= 0.6 is 27.7 Å². The average molecular weight is 319 g/mol. The maximum Gasteiger partial charge on any atom is 0.129 e. The molecule has 0 saturated carbocycles. The summed E-state index contributed by atoms with van der Waals surface area (Å²) in [6.45, 7) is 2.44. The highest BCUT2D eigenvalue weighted by molar-refractivity contribution is 9.10. The molecule has 1 aliphatic heterocycles. The zero-order valence-electron chi connectivity index (χ0n) is 9.53. The Bertz CT molecular complexity index is 383. The van der Waals surface area contributed by atoms with Crippen LogP contribution in [0.5, 0.6) is 0 Å². The molecule has 17 heavy (non-hydrogen) atoms. The lowest BCUT2D eigenvalue weighted by molar-refractivity contribution is 0.218. The van der Waals surface area contributed by atoms with Crippen LogP contribution in [-0.2, 0) is 0 Å². The summed E-state index contributed by atoms with van der Waals surface area (Å²) in [7, 11) is 0. The molecule has 0 aliphatic carbocycles. The van der Waals surface area contributed by atoms with E-state index in [4.69, 9.17) is 5.73 Å². The second kappa shape index (κ2) is 6.18. The Hall–Kier alpha value is -0.100. The van der Waals surface area contributed by atoms with Crippen molar-refractivity contribution in [1.29, 1.82) is 0 Å². The molecule has 1 aliphatic rings. The van der Waals surface area contributed by atoms with Crippen molar-refractivity contribution in [2.75, 3.05) is 31.1 Å². The minimum Gasteiger partial charge on any atom is -0.329 e. The molecule has 1 aromatic carbocycles. The molecule has 94 valence electrons. The molecule has 2 rings (SSSR count). The predicted octanol–water partition coefficient (Wildman–Crippen LogP) is 2.64. The van der Waals surface area contributed by atoms with Gasteiger partial charge in [-0.3, -0.25) is 4.90 Å². The molecule has 5 heteroatoms. The summed E-state index contributed by atoms with van der Waals surface area (Å²) in [6, 6.07) is 5.22. The van der Waals surface area contributed by atoms with E-state index in [-0.39, 0.29) is 11.9 Å². The first-order chi connectivity index (χ1) is 8.22. The van der Waals surface area contributed by atoms with Crippen LogP contribution in [0.3, 0.4) is 0 Å². The lowest BCUT2D eigenvalue weighted by Gasteiger charge is -2.34. The maximum atomic E-state index is 13.9. The van der Waals surface area contributed by atoms with Crippen LogP contribution in [0.15, 0.2) is 22.7 Å². The van der Waals surface area contributed by atoms with Gasteiger partial charge in [0.25, 0.3) is 0 Å². The first kappa shape index (κ1) is 13.3. The summed E-state index contributed by atoms with van der Waals surface area (Å²) < 4.78 is 14.7. The first-order valence-electron chi connectivity index (χ1n) is 5.69. The Kier molecular flexibility index (Phi) is 4.85. The Morgan fingerprint density at radius 1 is 1.41 bits per heavy atom. The van der Waals surface area contributed by atoms with Gasteiger partial charge in [0.1, 0.15) is 5.82 Å². The quantitative estimate of drug-likeness (QED) is 0.929. The Morgan fingerprint density at radius 3 is 2.71 bits per heavy atom. The van der Waals surface area contributed by atoms with E-state index in [1.165, 1.54) is 6.07 Å². The molecule has 1 aromatic rings. The second-order valence-corrected chi connectivity index (χ2v) is 6.21. The normalized spacial score (nSPS) is 19.2. The number of hydrogen-bond acceptors (Lipinski definition) is 3. The fraction of sp³-hybridized carbons (Fsp3) is 0.500. The molecule has 1 unspecified atom stereocenters. The third kappa shape index (κ3) is 3.22. The van der Waals surface area contributed by atoms with Gasteiger partial charge in [0.2, 0.25) is 0 Å². The Balaban J connectivity index is 2.21. The van der Waals surface area contributed by atoms with Crippen LogP contribution in [-0.4, -0.2) is 36.0 Å². The molecule has 0 spiro atoms. The zero-order chi connectivity index (χ0) is 12.3. The van der Waals surface area contributed by atoms with Gasteiger partial charge in [-0.05, 0) is 12.1 Å². The summed E-state index contributed by atoms with van der Waals surface area (Å²) in [6.07, 6.45) is 0. The van der Waals surface area contributed by atoms with Crippen LogP contribution < -0.4 is 5.73 Å². The highest BCUT2D eigenvalue weighted by Gasteiger charge is 2.23. The van der Waals surface area contributed by atoms with E-state index in [1.807, 2.05) is 23.9 Å². The summed E-state index contributed by atoms with van der Waals surface area (Å²) in [5.41, 5.74) is 6.53. The van der Waals surface area contributed by atoms with Gasteiger partial charge in [-0.15, -0.1) is 0 Å². The molecule has 0 bridgehead atoms. The fourth-order valence-corrected chi connectivity index (χ4v) is 3.40. The van der Waals surface area contributed by atoms with Crippen molar-refractivity contribution in [2.24, 2.45) is 5.73 Å². The molecule has 0 radical (unpaired) electrons. The third-order valence-corrected chi connectivity index (χ3v) is 4.47. The van der Waals surface area contributed by atoms with Gasteiger partial charge in [-0.25, -0.2) is 4.39 Å². The van der Waals surface area contributed by atoms with Gasteiger partial charge >= 0.3 is 0 Å². The van der Waals surface area contributed by atoms with E-state index < -0.39 is 0 Å². The van der Waals surface area contributed by atoms with Gasteiger partial charge in [-0.2, -0.15) is 11.8 Å². The van der Waals surface area contributed by atoms with Crippen LogP contribution in [0.25, 0.3) is 0 Å². The highest BCUT2D eigenvalue weighted by Crippen LogP contribution is 2.27.